The van der Waals surface area contributed by atoms with Crippen molar-refractivity contribution in [2.45, 2.75) is 33.7 Å². The Labute approximate surface area is 168 Å². The number of rotatable bonds is 8. The van der Waals surface area contributed by atoms with Crippen molar-refractivity contribution < 1.29 is 14.1 Å². The number of benzene rings is 1. The topological polar surface area (TPSA) is 99.2 Å². The van der Waals surface area contributed by atoms with E-state index in [-0.39, 0.29) is 24.4 Å². The molecule has 2 heterocycles. The minimum absolute atomic E-state index is 0.157. The summed E-state index contributed by atoms with van der Waals surface area (Å²) in [6.07, 6.45) is 0.190. The predicted molar refractivity (Wildman–Crippen MR) is 108 cm³/mol. The molecule has 2 aromatic heterocycles. The average Bonchev–Trinajstić information content (AvgIpc) is 3.02. The van der Waals surface area contributed by atoms with E-state index in [2.05, 4.69) is 15.6 Å². The van der Waals surface area contributed by atoms with Crippen LogP contribution in [0.3, 0.4) is 0 Å². The van der Waals surface area contributed by atoms with Crippen LogP contribution < -0.4 is 15.6 Å². The van der Waals surface area contributed by atoms with E-state index in [9.17, 15) is 9.59 Å². The lowest BCUT2D eigenvalue weighted by molar-refractivity contribution is -0.120. The van der Waals surface area contributed by atoms with E-state index in [1.165, 1.54) is 10.7 Å². The first kappa shape index (κ1) is 20.3. The minimum atomic E-state index is -0.223. The summed E-state index contributed by atoms with van der Waals surface area (Å²) < 4.78 is 11.9. The molecule has 1 aromatic carbocycles. The quantitative estimate of drug-likeness (QED) is 0.627. The van der Waals surface area contributed by atoms with Crippen LogP contribution in [0.25, 0.3) is 11.3 Å². The molecule has 3 aromatic rings. The summed E-state index contributed by atoms with van der Waals surface area (Å²) in [4.78, 5) is 24.3. The molecule has 8 nitrogen and oxygen atoms in total. The maximum Gasteiger partial charge on any atom is 0.266 e. The molecule has 0 saturated carbocycles. The average molecular weight is 396 g/mol. The lowest BCUT2D eigenvalue weighted by Gasteiger charge is -2.09. The molecule has 3 rings (SSSR count). The Morgan fingerprint density at radius 2 is 1.93 bits per heavy atom. The number of hydrogen-bond donors (Lipinski definition) is 1. The van der Waals surface area contributed by atoms with E-state index in [1.807, 2.05) is 31.2 Å². The number of amides is 1. The summed E-state index contributed by atoms with van der Waals surface area (Å²) in [6, 6.07) is 10.7. The SMILES string of the molecule is CCOc1ccc(-c2ccc(=O)n(CCNC(=O)Cc3c(C)noc3C)n2)cc1. The molecule has 0 spiro atoms. The van der Waals surface area contributed by atoms with Crippen LogP contribution in [0.1, 0.15) is 23.9 Å². The fraction of sp³-hybridized carbons (Fsp3) is 0.333. The summed E-state index contributed by atoms with van der Waals surface area (Å²) in [5.74, 6) is 1.26. The van der Waals surface area contributed by atoms with Gasteiger partial charge in [-0.05, 0) is 51.1 Å². The number of carbonyl (C=O) groups is 1. The van der Waals surface area contributed by atoms with Crippen LogP contribution in [-0.4, -0.2) is 34.0 Å². The van der Waals surface area contributed by atoms with Gasteiger partial charge in [0.2, 0.25) is 5.91 Å². The summed E-state index contributed by atoms with van der Waals surface area (Å²) >= 11 is 0. The standard InChI is InChI=1S/C21H24N4O4/c1-4-28-17-7-5-16(6-8-17)19-9-10-21(27)25(23-19)12-11-22-20(26)13-18-14(2)24-29-15(18)3/h5-10H,4,11-13H2,1-3H3,(H,22,26). The van der Waals surface area contributed by atoms with Gasteiger partial charge in [0, 0.05) is 23.7 Å². The monoisotopic (exact) mass is 396 g/mol. The van der Waals surface area contributed by atoms with Crippen molar-refractivity contribution in [3.8, 4) is 17.0 Å². The third-order valence-electron chi connectivity index (χ3n) is 4.49. The first-order valence-corrected chi connectivity index (χ1v) is 9.47. The molecule has 1 amide bonds. The van der Waals surface area contributed by atoms with Gasteiger partial charge in [0.25, 0.3) is 5.56 Å². The zero-order valence-electron chi connectivity index (χ0n) is 16.8. The van der Waals surface area contributed by atoms with Crippen molar-refractivity contribution in [3.63, 3.8) is 0 Å². The Balaban J connectivity index is 1.61. The molecule has 0 saturated heterocycles. The van der Waals surface area contributed by atoms with Crippen molar-refractivity contribution in [1.29, 1.82) is 0 Å². The molecule has 0 atom stereocenters. The van der Waals surface area contributed by atoms with Crippen LogP contribution in [0.4, 0.5) is 0 Å². The van der Waals surface area contributed by atoms with Crippen LogP contribution in [0.15, 0.2) is 45.7 Å². The highest BCUT2D eigenvalue weighted by Gasteiger charge is 2.13. The molecule has 0 fully saturated rings. The lowest BCUT2D eigenvalue weighted by Crippen LogP contribution is -2.32. The molecule has 29 heavy (non-hydrogen) atoms. The van der Waals surface area contributed by atoms with Crippen LogP contribution >= 0.6 is 0 Å². The maximum atomic E-state index is 12.2. The number of nitrogens with zero attached hydrogens (tertiary/aromatic N) is 3. The summed E-state index contributed by atoms with van der Waals surface area (Å²) in [5, 5.41) is 11.1. The van der Waals surface area contributed by atoms with E-state index in [4.69, 9.17) is 9.26 Å². The van der Waals surface area contributed by atoms with E-state index < -0.39 is 0 Å². The maximum absolute atomic E-state index is 12.2. The van der Waals surface area contributed by atoms with Crippen molar-refractivity contribution in [2.24, 2.45) is 0 Å². The van der Waals surface area contributed by atoms with Gasteiger partial charge in [0.1, 0.15) is 11.5 Å². The van der Waals surface area contributed by atoms with Gasteiger partial charge in [0.05, 0.1) is 31.0 Å². The van der Waals surface area contributed by atoms with Crippen molar-refractivity contribution >= 4 is 5.91 Å². The molecule has 0 aliphatic rings. The number of hydrogen-bond acceptors (Lipinski definition) is 6. The second-order valence-electron chi connectivity index (χ2n) is 6.57. The molecule has 0 radical (unpaired) electrons. The molecule has 0 aliphatic heterocycles. The number of aromatic nitrogens is 3. The highest BCUT2D eigenvalue weighted by atomic mass is 16.5. The zero-order chi connectivity index (χ0) is 20.8. The fourth-order valence-electron chi connectivity index (χ4n) is 2.93. The van der Waals surface area contributed by atoms with Crippen molar-refractivity contribution in [1.82, 2.24) is 20.3 Å². The van der Waals surface area contributed by atoms with Crippen LogP contribution in [-0.2, 0) is 17.8 Å². The van der Waals surface area contributed by atoms with Gasteiger partial charge in [-0.25, -0.2) is 4.68 Å². The van der Waals surface area contributed by atoms with E-state index in [1.54, 1.807) is 19.9 Å². The Morgan fingerprint density at radius 3 is 2.59 bits per heavy atom. The summed E-state index contributed by atoms with van der Waals surface area (Å²) in [6.45, 7) is 6.68. The van der Waals surface area contributed by atoms with E-state index in [0.29, 0.717) is 30.3 Å². The van der Waals surface area contributed by atoms with Gasteiger partial charge in [-0.15, -0.1) is 0 Å². The van der Waals surface area contributed by atoms with Crippen LogP contribution in [0.2, 0.25) is 0 Å². The molecule has 1 N–H and O–H groups in total. The fourth-order valence-corrected chi connectivity index (χ4v) is 2.93. The predicted octanol–water partition coefficient (Wildman–Crippen LogP) is 2.27. The minimum Gasteiger partial charge on any atom is -0.494 e. The highest BCUT2D eigenvalue weighted by molar-refractivity contribution is 5.78. The molecule has 0 bridgehead atoms. The third-order valence-corrected chi connectivity index (χ3v) is 4.49. The van der Waals surface area contributed by atoms with Crippen LogP contribution in [0.5, 0.6) is 5.75 Å². The van der Waals surface area contributed by atoms with Gasteiger partial charge in [-0.2, -0.15) is 5.10 Å². The smallest absolute Gasteiger partial charge is 0.266 e. The third kappa shape index (κ3) is 5.10. The Bertz CT molecular complexity index is 1020. The molecular weight excluding hydrogens is 372 g/mol. The zero-order valence-corrected chi connectivity index (χ0v) is 16.8. The van der Waals surface area contributed by atoms with Gasteiger partial charge in [-0.3, -0.25) is 9.59 Å². The number of aryl methyl sites for hydroxylation is 2. The molecule has 0 unspecified atom stereocenters. The largest absolute Gasteiger partial charge is 0.494 e. The second kappa shape index (κ2) is 9.18. The first-order chi connectivity index (χ1) is 14.0. The summed E-state index contributed by atoms with van der Waals surface area (Å²) in [7, 11) is 0. The Morgan fingerprint density at radius 1 is 1.17 bits per heavy atom. The van der Waals surface area contributed by atoms with Crippen molar-refractivity contribution in [2.75, 3.05) is 13.2 Å². The van der Waals surface area contributed by atoms with Gasteiger partial charge >= 0.3 is 0 Å². The van der Waals surface area contributed by atoms with Crippen molar-refractivity contribution in [3.05, 3.63) is 63.8 Å². The molecule has 0 aliphatic carbocycles. The Kier molecular flexibility index (Phi) is 6.43. The van der Waals surface area contributed by atoms with Gasteiger partial charge in [0.15, 0.2) is 0 Å². The second-order valence-corrected chi connectivity index (χ2v) is 6.57. The summed E-state index contributed by atoms with van der Waals surface area (Å²) in [5.41, 5.74) is 2.83. The molecule has 8 heteroatoms. The lowest BCUT2D eigenvalue weighted by atomic mass is 10.1. The normalized spacial score (nSPS) is 10.7. The number of carbonyl (C=O) groups excluding carboxylic acids is 1. The number of ether oxygens (including phenoxy) is 1. The Hall–Kier alpha value is -3.42. The van der Waals surface area contributed by atoms with Gasteiger partial charge in [-0.1, -0.05) is 5.16 Å². The number of nitrogens with one attached hydrogen (secondary N) is 1. The highest BCUT2D eigenvalue weighted by Crippen LogP contribution is 2.19. The van der Waals surface area contributed by atoms with Gasteiger partial charge < -0.3 is 14.6 Å². The first-order valence-electron chi connectivity index (χ1n) is 9.47. The molecule has 152 valence electrons. The molecular formula is C21H24N4O4. The van der Waals surface area contributed by atoms with E-state index in [0.717, 1.165) is 16.9 Å². The van der Waals surface area contributed by atoms with Crippen LogP contribution in [0, 0.1) is 13.8 Å². The van der Waals surface area contributed by atoms with E-state index >= 15 is 0 Å².